The van der Waals surface area contributed by atoms with Crippen LogP contribution in [0, 0.1) is 5.92 Å². The van der Waals surface area contributed by atoms with Crippen molar-refractivity contribution >= 4 is 11.5 Å². The quantitative estimate of drug-likeness (QED) is 0.814. The fourth-order valence-corrected chi connectivity index (χ4v) is 1.81. The van der Waals surface area contributed by atoms with E-state index in [0.717, 1.165) is 6.42 Å². The number of anilines is 2. The Balaban J connectivity index is 2.77. The molecule has 0 spiro atoms. The van der Waals surface area contributed by atoms with Crippen molar-refractivity contribution in [2.45, 2.75) is 53.2 Å². The van der Waals surface area contributed by atoms with Gasteiger partial charge in [0, 0.05) is 6.04 Å². The van der Waals surface area contributed by atoms with Crippen molar-refractivity contribution in [3.05, 3.63) is 6.33 Å². The van der Waals surface area contributed by atoms with Crippen LogP contribution in [0.25, 0.3) is 0 Å². The van der Waals surface area contributed by atoms with E-state index >= 15 is 0 Å². The molecule has 0 amide bonds. The largest absolute Gasteiger partial charge is 0.473 e. The highest BCUT2D eigenvalue weighted by atomic mass is 16.5. The van der Waals surface area contributed by atoms with E-state index in [2.05, 4.69) is 36.1 Å². The summed E-state index contributed by atoms with van der Waals surface area (Å²) in [4.78, 5) is 8.22. The lowest BCUT2D eigenvalue weighted by molar-refractivity contribution is 0.234. The van der Waals surface area contributed by atoms with Gasteiger partial charge in [-0.2, -0.15) is 4.98 Å². The highest BCUT2D eigenvalue weighted by Crippen LogP contribution is 2.26. The van der Waals surface area contributed by atoms with Gasteiger partial charge in [0.25, 0.3) is 0 Å². The maximum Gasteiger partial charge on any atom is 0.242 e. The van der Waals surface area contributed by atoms with E-state index in [9.17, 15) is 0 Å². The first-order chi connectivity index (χ1) is 8.40. The molecule has 5 heteroatoms. The summed E-state index contributed by atoms with van der Waals surface area (Å²) in [6, 6.07) is 0.314. The summed E-state index contributed by atoms with van der Waals surface area (Å²) in [5.74, 6) is 1.72. The number of aromatic nitrogens is 2. The van der Waals surface area contributed by atoms with Crippen LogP contribution in [-0.4, -0.2) is 22.1 Å². The minimum atomic E-state index is 0.0446. The molecule has 0 aliphatic rings. The zero-order valence-electron chi connectivity index (χ0n) is 11.9. The van der Waals surface area contributed by atoms with Crippen molar-refractivity contribution in [1.29, 1.82) is 0 Å². The van der Waals surface area contributed by atoms with Gasteiger partial charge in [-0.05, 0) is 33.1 Å². The Hall–Kier alpha value is -1.52. The minimum Gasteiger partial charge on any atom is -0.473 e. The fourth-order valence-electron chi connectivity index (χ4n) is 1.81. The second kappa shape index (κ2) is 6.42. The van der Waals surface area contributed by atoms with E-state index in [1.807, 2.05) is 13.8 Å². The third kappa shape index (κ3) is 4.39. The summed E-state index contributed by atoms with van der Waals surface area (Å²) in [6.07, 6.45) is 2.57. The number of nitrogen functional groups attached to an aromatic ring is 1. The van der Waals surface area contributed by atoms with Crippen LogP contribution in [0.4, 0.5) is 11.5 Å². The van der Waals surface area contributed by atoms with E-state index < -0.39 is 0 Å². The summed E-state index contributed by atoms with van der Waals surface area (Å²) in [6.45, 7) is 10.4. The molecular formula is C13H24N4O. The number of ether oxygens (including phenoxy) is 1. The molecular weight excluding hydrogens is 228 g/mol. The van der Waals surface area contributed by atoms with Crippen LogP contribution in [0.1, 0.15) is 41.0 Å². The van der Waals surface area contributed by atoms with Crippen LogP contribution >= 0.6 is 0 Å². The molecule has 0 aliphatic heterocycles. The highest BCUT2D eigenvalue weighted by molar-refractivity contribution is 5.66. The number of nitrogens with zero attached hydrogens (tertiary/aromatic N) is 2. The van der Waals surface area contributed by atoms with E-state index in [0.29, 0.717) is 29.3 Å². The molecule has 0 aliphatic carbocycles. The second-order valence-corrected chi connectivity index (χ2v) is 5.28. The van der Waals surface area contributed by atoms with Crippen molar-refractivity contribution < 1.29 is 4.74 Å². The Morgan fingerprint density at radius 1 is 1.22 bits per heavy atom. The molecule has 3 N–H and O–H groups in total. The summed E-state index contributed by atoms with van der Waals surface area (Å²) in [5.41, 5.74) is 6.47. The lowest BCUT2D eigenvalue weighted by Gasteiger charge is -2.19. The van der Waals surface area contributed by atoms with Crippen molar-refractivity contribution in [2.24, 2.45) is 5.92 Å². The van der Waals surface area contributed by atoms with Crippen molar-refractivity contribution in [1.82, 2.24) is 9.97 Å². The van der Waals surface area contributed by atoms with E-state index in [4.69, 9.17) is 10.5 Å². The lowest BCUT2D eigenvalue weighted by Crippen LogP contribution is -2.20. The predicted octanol–water partition coefficient (Wildman–Crippen LogP) is 2.69. The van der Waals surface area contributed by atoms with E-state index in [-0.39, 0.29) is 6.10 Å². The second-order valence-electron chi connectivity index (χ2n) is 5.28. The van der Waals surface area contributed by atoms with Crippen LogP contribution in [0.3, 0.4) is 0 Å². The number of nitrogens with two attached hydrogens (primary N) is 1. The smallest absolute Gasteiger partial charge is 0.242 e. The Labute approximate surface area is 109 Å². The van der Waals surface area contributed by atoms with Gasteiger partial charge in [-0.1, -0.05) is 13.8 Å². The third-order valence-corrected chi connectivity index (χ3v) is 2.40. The monoisotopic (exact) mass is 252 g/mol. The topological polar surface area (TPSA) is 73.1 Å². The zero-order valence-corrected chi connectivity index (χ0v) is 11.9. The summed E-state index contributed by atoms with van der Waals surface area (Å²) < 4.78 is 5.53. The normalized spacial score (nSPS) is 12.8. The first-order valence-electron chi connectivity index (χ1n) is 6.43. The first kappa shape index (κ1) is 14.5. The number of hydrogen-bond donors (Lipinski definition) is 2. The molecule has 0 bridgehead atoms. The average molecular weight is 252 g/mol. The molecule has 1 unspecified atom stereocenters. The van der Waals surface area contributed by atoms with Crippen LogP contribution in [-0.2, 0) is 0 Å². The molecule has 1 atom stereocenters. The maximum atomic E-state index is 6.00. The zero-order chi connectivity index (χ0) is 13.7. The molecule has 1 aromatic heterocycles. The minimum absolute atomic E-state index is 0.0446. The van der Waals surface area contributed by atoms with Gasteiger partial charge >= 0.3 is 0 Å². The molecule has 1 heterocycles. The molecule has 0 aromatic carbocycles. The van der Waals surface area contributed by atoms with Crippen molar-refractivity contribution in [3.63, 3.8) is 0 Å². The molecule has 0 saturated heterocycles. The van der Waals surface area contributed by atoms with Crippen molar-refractivity contribution in [2.75, 3.05) is 11.1 Å². The Morgan fingerprint density at radius 2 is 1.89 bits per heavy atom. The molecule has 1 aromatic rings. The van der Waals surface area contributed by atoms with Crippen LogP contribution in [0.5, 0.6) is 5.88 Å². The van der Waals surface area contributed by atoms with Gasteiger partial charge in [-0.25, -0.2) is 4.98 Å². The maximum absolute atomic E-state index is 6.00. The van der Waals surface area contributed by atoms with Gasteiger partial charge in [-0.3, -0.25) is 0 Å². The predicted molar refractivity (Wildman–Crippen MR) is 74.7 cm³/mol. The Morgan fingerprint density at radius 3 is 2.44 bits per heavy atom. The van der Waals surface area contributed by atoms with E-state index in [1.54, 1.807) is 0 Å². The van der Waals surface area contributed by atoms with Gasteiger partial charge in [0.05, 0.1) is 6.10 Å². The Bertz CT molecular complexity index is 379. The molecule has 0 radical (unpaired) electrons. The molecule has 18 heavy (non-hydrogen) atoms. The third-order valence-electron chi connectivity index (χ3n) is 2.40. The average Bonchev–Trinajstić information content (AvgIpc) is 2.22. The van der Waals surface area contributed by atoms with Crippen LogP contribution in [0.15, 0.2) is 6.33 Å². The first-order valence-corrected chi connectivity index (χ1v) is 6.43. The van der Waals surface area contributed by atoms with E-state index in [1.165, 1.54) is 6.33 Å². The van der Waals surface area contributed by atoms with Crippen molar-refractivity contribution in [3.8, 4) is 5.88 Å². The van der Waals surface area contributed by atoms with Crippen LogP contribution in [0.2, 0.25) is 0 Å². The molecule has 102 valence electrons. The van der Waals surface area contributed by atoms with Gasteiger partial charge in [0.2, 0.25) is 5.88 Å². The lowest BCUT2D eigenvalue weighted by atomic mass is 10.1. The molecule has 5 nitrogen and oxygen atoms in total. The number of nitrogens with one attached hydrogen (secondary N) is 1. The highest BCUT2D eigenvalue weighted by Gasteiger charge is 2.13. The Kier molecular flexibility index (Phi) is 5.19. The number of rotatable bonds is 6. The molecule has 0 fully saturated rings. The molecule has 1 rings (SSSR count). The summed E-state index contributed by atoms with van der Waals surface area (Å²) >= 11 is 0. The molecule has 0 saturated carbocycles. The SMILES string of the molecule is CC(C)CC(C)Nc1ncnc(OC(C)C)c1N. The van der Waals surface area contributed by atoms with Crippen LogP contribution < -0.4 is 15.8 Å². The van der Waals surface area contributed by atoms with Gasteiger partial charge < -0.3 is 15.8 Å². The summed E-state index contributed by atoms with van der Waals surface area (Å²) in [5, 5.41) is 3.30. The summed E-state index contributed by atoms with van der Waals surface area (Å²) in [7, 11) is 0. The fraction of sp³-hybridized carbons (Fsp3) is 0.692. The number of hydrogen-bond acceptors (Lipinski definition) is 5. The standard InChI is InChI=1S/C13H24N4O/c1-8(2)6-10(5)17-12-11(14)13(16-7-15-12)18-9(3)4/h7-10H,6,14H2,1-5H3,(H,15,16,17). The van der Waals surface area contributed by atoms with Gasteiger partial charge in [0.15, 0.2) is 5.82 Å². The van der Waals surface area contributed by atoms with Gasteiger partial charge in [-0.15, -0.1) is 0 Å². The van der Waals surface area contributed by atoms with Gasteiger partial charge in [0.1, 0.15) is 12.0 Å².